The Balaban J connectivity index is 1.79. The molecule has 5 nitrogen and oxygen atoms in total. The summed E-state index contributed by atoms with van der Waals surface area (Å²) in [5.41, 5.74) is 0.392. The number of carbonyl (C=O) groups is 2. The third-order valence-corrected chi connectivity index (χ3v) is 5.06. The van der Waals surface area contributed by atoms with E-state index in [0.717, 1.165) is 5.56 Å². The number of nitrogens with zero attached hydrogens (tertiary/aromatic N) is 1. The van der Waals surface area contributed by atoms with Gasteiger partial charge in [0.05, 0.1) is 17.6 Å². The van der Waals surface area contributed by atoms with Crippen molar-refractivity contribution in [2.45, 2.75) is 25.2 Å². The van der Waals surface area contributed by atoms with E-state index in [-0.39, 0.29) is 5.91 Å². The molecule has 0 radical (unpaired) electrons. The lowest BCUT2D eigenvalue weighted by atomic mass is 9.72. The second-order valence-electron chi connectivity index (χ2n) is 6.47. The Kier molecular flexibility index (Phi) is 5.26. The number of rotatable bonds is 5. The lowest BCUT2D eigenvalue weighted by molar-refractivity contribution is -0.145. The molecule has 1 N–H and O–H groups in total. The van der Waals surface area contributed by atoms with Crippen LogP contribution in [0.1, 0.15) is 35.7 Å². The van der Waals surface area contributed by atoms with E-state index in [1.165, 1.54) is 0 Å². The first-order valence-corrected chi connectivity index (χ1v) is 8.88. The van der Waals surface area contributed by atoms with Crippen LogP contribution in [0.4, 0.5) is 0 Å². The monoisotopic (exact) mass is 353 g/mol. The average molecular weight is 353 g/mol. The number of amides is 1. The summed E-state index contributed by atoms with van der Waals surface area (Å²) in [6.07, 6.45) is 0.795. The Hall–Kier alpha value is -2.82. The van der Waals surface area contributed by atoms with Crippen LogP contribution in [0.25, 0.3) is 0 Å². The van der Waals surface area contributed by atoms with Crippen molar-refractivity contribution in [2.75, 3.05) is 19.7 Å². The zero-order valence-corrected chi connectivity index (χ0v) is 14.9. The van der Waals surface area contributed by atoms with Crippen molar-refractivity contribution in [3.63, 3.8) is 0 Å². The highest BCUT2D eigenvalue weighted by atomic mass is 16.5. The normalized spacial score (nSPS) is 16.1. The highest BCUT2D eigenvalue weighted by Gasteiger charge is 2.44. The number of carboxylic acids is 1. The van der Waals surface area contributed by atoms with E-state index in [1.54, 1.807) is 17.0 Å². The Morgan fingerprint density at radius 2 is 1.65 bits per heavy atom. The first kappa shape index (κ1) is 18.0. The maximum atomic E-state index is 12.9. The summed E-state index contributed by atoms with van der Waals surface area (Å²) < 4.78 is 5.56. The van der Waals surface area contributed by atoms with Crippen LogP contribution in [0.2, 0.25) is 0 Å². The Labute approximate surface area is 153 Å². The third-order valence-electron chi connectivity index (χ3n) is 5.06. The Bertz CT molecular complexity index is 780. The van der Waals surface area contributed by atoms with Gasteiger partial charge >= 0.3 is 5.97 Å². The van der Waals surface area contributed by atoms with Gasteiger partial charge in [0.1, 0.15) is 5.75 Å². The molecule has 0 spiro atoms. The number of hydrogen-bond acceptors (Lipinski definition) is 3. The fourth-order valence-electron chi connectivity index (χ4n) is 3.57. The molecule has 1 saturated heterocycles. The predicted molar refractivity (Wildman–Crippen MR) is 98.5 cm³/mol. The van der Waals surface area contributed by atoms with Crippen LogP contribution < -0.4 is 4.74 Å². The van der Waals surface area contributed by atoms with Crippen molar-refractivity contribution in [3.05, 3.63) is 65.7 Å². The highest BCUT2D eigenvalue weighted by molar-refractivity contribution is 5.97. The van der Waals surface area contributed by atoms with Crippen LogP contribution in [-0.2, 0) is 10.2 Å². The molecule has 0 atom stereocenters. The van der Waals surface area contributed by atoms with Gasteiger partial charge in [-0.15, -0.1) is 0 Å². The highest BCUT2D eigenvalue weighted by Crippen LogP contribution is 2.36. The van der Waals surface area contributed by atoms with Gasteiger partial charge in [-0.2, -0.15) is 0 Å². The molecule has 0 aromatic heterocycles. The fourth-order valence-corrected chi connectivity index (χ4v) is 3.57. The zero-order valence-electron chi connectivity index (χ0n) is 14.9. The molecule has 0 unspecified atom stereocenters. The van der Waals surface area contributed by atoms with Crippen LogP contribution in [0.5, 0.6) is 5.75 Å². The van der Waals surface area contributed by atoms with E-state index in [1.807, 2.05) is 49.4 Å². The number of hydrogen-bond donors (Lipinski definition) is 1. The van der Waals surface area contributed by atoms with Crippen LogP contribution in [0, 0.1) is 0 Å². The lowest BCUT2D eigenvalue weighted by Crippen LogP contribution is -2.49. The molecule has 0 aliphatic carbocycles. The lowest BCUT2D eigenvalue weighted by Gasteiger charge is -2.39. The van der Waals surface area contributed by atoms with E-state index < -0.39 is 11.4 Å². The number of piperidine rings is 1. The molecule has 26 heavy (non-hydrogen) atoms. The topological polar surface area (TPSA) is 66.8 Å². The van der Waals surface area contributed by atoms with Gasteiger partial charge < -0.3 is 14.7 Å². The molecular formula is C21H23NO4. The number of ether oxygens (including phenoxy) is 1. The first-order chi connectivity index (χ1) is 12.6. The number of para-hydroxylation sites is 1. The molecule has 136 valence electrons. The average Bonchev–Trinajstić information content (AvgIpc) is 2.69. The summed E-state index contributed by atoms with van der Waals surface area (Å²) in [6.45, 7) is 3.17. The SMILES string of the molecule is CCOc1ccccc1C(=O)N1CCC(C(=O)O)(c2ccccc2)CC1. The van der Waals surface area contributed by atoms with Crippen molar-refractivity contribution < 1.29 is 19.4 Å². The van der Waals surface area contributed by atoms with Crippen LogP contribution in [0.3, 0.4) is 0 Å². The summed E-state index contributed by atoms with van der Waals surface area (Å²) in [5.74, 6) is -0.371. The van der Waals surface area contributed by atoms with Crippen molar-refractivity contribution >= 4 is 11.9 Å². The number of likely N-dealkylation sites (tertiary alicyclic amines) is 1. The van der Waals surface area contributed by atoms with Gasteiger partial charge in [-0.25, -0.2) is 0 Å². The summed E-state index contributed by atoms with van der Waals surface area (Å²) in [4.78, 5) is 26.7. The van der Waals surface area contributed by atoms with E-state index in [2.05, 4.69) is 0 Å². The molecule has 3 rings (SSSR count). The van der Waals surface area contributed by atoms with Crippen molar-refractivity contribution in [3.8, 4) is 5.75 Å². The molecule has 1 heterocycles. The van der Waals surface area contributed by atoms with Gasteiger partial charge in [0.25, 0.3) is 5.91 Å². The molecule has 1 amide bonds. The van der Waals surface area contributed by atoms with Crippen LogP contribution in [-0.4, -0.2) is 41.6 Å². The summed E-state index contributed by atoms with van der Waals surface area (Å²) in [5, 5.41) is 9.87. The summed E-state index contributed by atoms with van der Waals surface area (Å²) in [7, 11) is 0. The molecule has 1 fully saturated rings. The van der Waals surface area contributed by atoms with Crippen LogP contribution in [0.15, 0.2) is 54.6 Å². The Morgan fingerprint density at radius 1 is 1.04 bits per heavy atom. The number of carbonyl (C=O) groups excluding carboxylic acids is 1. The van der Waals surface area contributed by atoms with E-state index >= 15 is 0 Å². The second kappa shape index (κ2) is 7.60. The van der Waals surface area contributed by atoms with Gasteiger partial charge in [-0.05, 0) is 37.5 Å². The first-order valence-electron chi connectivity index (χ1n) is 8.88. The third kappa shape index (κ3) is 3.29. The zero-order chi connectivity index (χ0) is 18.6. The van der Waals surface area contributed by atoms with Crippen LogP contribution >= 0.6 is 0 Å². The largest absolute Gasteiger partial charge is 0.493 e. The van der Waals surface area contributed by atoms with Gasteiger partial charge in [0.2, 0.25) is 0 Å². The fraction of sp³-hybridized carbons (Fsp3) is 0.333. The maximum Gasteiger partial charge on any atom is 0.314 e. The molecule has 0 bridgehead atoms. The minimum Gasteiger partial charge on any atom is -0.493 e. The van der Waals surface area contributed by atoms with E-state index in [4.69, 9.17) is 4.74 Å². The molecule has 1 aliphatic rings. The second-order valence-corrected chi connectivity index (χ2v) is 6.47. The summed E-state index contributed by atoms with van der Waals surface area (Å²) >= 11 is 0. The summed E-state index contributed by atoms with van der Waals surface area (Å²) in [6, 6.07) is 16.5. The van der Waals surface area contributed by atoms with E-state index in [0.29, 0.717) is 43.9 Å². The molecular weight excluding hydrogens is 330 g/mol. The number of benzene rings is 2. The molecule has 1 aliphatic heterocycles. The number of carboxylic acid groups (broad SMARTS) is 1. The molecule has 5 heteroatoms. The minimum absolute atomic E-state index is 0.110. The van der Waals surface area contributed by atoms with Crippen molar-refractivity contribution in [1.82, 2.24) is 4.90 Å². The Morgan fingerprint density at radius 3 is 2.27 bits per heavy atom. The smallest absolute Gasteiger partial charge is 0.314 e. The maximum absolute atomic E-state index is 12.9. The molecule has 2 aromatic carbocycles. The number of aliphatic carboxylic acids is 1. The van der Waals surface area contributed by atoms with Gasteiger partial charge in [-0.3, -0.25) is 9.59 Å². The molecule has 2 aromatic rings. The van der Waals surface area contributed by atoms with E-state index in [9.17, 15) is 14.7 Å². The quantitative estimate of drug-likeness (QED) is 0.895. The molecule has 0 saturated carbocycles. The van der Waals surface area contributed by atoms with Crippen molar-refractivity contribution in [1.29, 1.82) is 0 Å². The van der Waals surface area contributed by atoms with Gasteiger partial charge in [-0.1, -0.05) is 42.5 Å². The predicted octanol–water partition coefficient (Wildman–Crippen LogP) is 3.34. The minimum atomic E-state index is -0.933. The van der Waals surface area contributed by atoms with Gasteiger partial charge in [0, 0.05) is 13.1 Å². The standard InChI is InChI=1S/C21H23NO4/c1-2-26-18-11-7-6-10-17(18)19(23)22-14-12-21(13-15-22,20(24)25)16-8-4-3-5-9-16/h3-11H,2,12-15H2,1H3,(H,24,25). The van der Waals surface area contributed by atoms with Crippen molar-refractivity contribution in [2.24, 2.45) is 0 Å². The van der Waals surface area contributed by atoms with Gasteiger partial charge in [0.15, 0.2) is 0 Å².